The van der Waals surface area contributed by atoms with E-state index in [1.54, 1.807) is 0 Å². The number of piperidine rings is 1. The molecule has 0 aromatic carbocycles. The first-order chi connectivity index (χ1) is 10.3. The Morgan fingerprint density at radius 2 is 2.29 bits per heavy atom. The highest BCUT2D eigenvalue weighted by molar-refractivity contribution is 5.65. The highest BCUT2D eigenvalue weighted by atomic mass is 16.3. The summed E-state index contributed by atoms with van der Waals surface area (Å²) in [5.41, 5.74) is 2.88. The zero-order valence-electron chi connectivity index (χ0n) is 12.2. The molecule has 1 fully saturated rings. The van der Waals surface area contributed by atoms with Gasteiger partial charge >= 0.3 is 0 Å². The quantitative estimate of drug-likeness (QED) is 0.937. The molecule has 1 aliphatic rings. The van der Waals surface area contributed by atoms with Crippen LogP contribution in [-0.2, 0) is 6.54 Å². The molecule has 0 spiro atoms. The molecule has 0 radical (unpaired) electrons. The SMILES string of the molecule is N#Cc1c(CN2CCCC(CCO)C2)cn2ccccc12. The maximum Gasteiger partial charge on any atom is 0.102 e. The Morgan fingerprint density at radius 1 is 1.38 bits per heavy atom. The molecule has 4 heteroatoms. The molecule has 1 unspecified atom stereocenters. The number of hydrogen-bond donors (Lipinski definition) is 1. The monoisotopic (exact) mass is 283 g/mol. The first-order valence-electron chi connectivity index (χ1n) is 7.63. The minimum Gasteiger partial charge on any atom is -0.396 e. The number of fused-ring (bicyclic) bond motifs is 1. The van der Waals surface area contributed by atoms with E-state index < -0.39 is 0 Å². The first kappa shape index (κ1) is 14.1. The Kier molecular flexibility index (Phi) is 4.23. The zero-order chi connectivity index (χ0) is 14.7. The fourth-order valence-electron chi connectivity index (χ4n) is 3.38. The van der Waals surface area contributed by atoms with Crippen LogP contribution in [0.5, 0.6) is 0 Å². The van der Waals surface area contributed by atoms with Crippen LogP contribution in [0.25, 0.3) is 5.52 Å². The average molecular weight is 283 g/mol. The van der Waals surface area contributed by atoms with Gasteiger partial charge in [0.25, 0.3) is 0 Å². The summed E-state index contributed by atoms with van der Waals surface area (Å²) in [5, 5.41) is 18.6. The number of nitriles is 1. The smallest absolute Gasteiger partial charge is 0.102 e. The Bertz CT molecular complexity index is 654. The normalized spacial score (nSPS) is 19.7. The van der Waals surface area contributed by atoms with Crippen LogP contribution in [0.3, 0.4) is 0 Å². The van der Waals surface area contributed by atoms with Gasteiger partial charge in [-0.2, -0.15) is 5.26 Å². The Morgan fingerprint density at radius 3 is 3.10 bits per heavy atom. The summed E-state index contributed by atoms with van der Waals surface area (Å²) < 4.78 is 2.03. The molecular formula is C17H21N3O. The second-order valence-electron chi connectivity index (χ2n) is 5.89. The molecule has 110 valence electrons. The van der Waals surface area contributed by atoms with Gasteiger partial charge in [-0.05, 0) is 43.9 Å². The summed E-state index contributed by atoms with van der Waals surface area (Å²) in [6.45, 7) is 3.21. The molecule has 0 saturated carbocycles. The molecule has 21 heavy (non-hydrogen) atoms. The maximum atomic E-state index is 9.46. The van der Waals surface area contributed by atoms with Crippen molar-refractivity contribution < 1.29 is 5.11 Å². The number of aromatic nitrogens is 1. The van der Waals surface area contributed by atoms with Crippen LogP contribution in [0.1, 0.15) is 30.4 Å². The van der Waals surface area contributed by atoms with Crippen molar-refractivity contribution in [2.45, 2.75) is 25.8 Å². The van der Waals surface area contributed by atoms with Crippen molar-refractivity contribution in [2.24, 2.45) is 5.92 Å². The Labute approximate surface area is 125 Å². The number of pyridine rings is 1. The Balaban J connectivity index is 1.80. The number of rotatable bonds is 4. The van der Waals surface area contributed by atoms with Crippen molar-refractivity contribution in [3.63, 3.8) is 0 Å². The average Bonchev–Trinajstić information content (AvgIpc) is 2.85. The van der Waals surface area contributed by atoms with Crippen LogP contribution in [0.15, 0.2) is 30.6 Å². The summed E-state index contributed by atoms with van der Waals surface area (Å²) in [6.07, 6.45) is 7.34. The van der Waals surface area contributed by atoms with Crippen LogP contribution >= 0.6 is 0 Å². The van der Waals surface area contributed by atoms with E-state index in [0.717, 1.165) is 42.7 Å². The van der Waals surface area contributed by atoms with Crippen LogP contribution in [0, 0.1) is 17.2 Å². The molecular weight excluding hydrogens is 262 g/mol. The summed E-state index contributed by atoms with van der Waals surface area (Å²) in [7, 11) is 0. The van der Waals surface area contributed by atoms with Crippen LogP contribution in [0.2, 0.25) is 0 Å². The predicted molar refractivity (Wildman–Crippen MR) is 81.8 cm³/mol. The fraction of sp³-hybridized carbons (Fsp3) is 0.471. The van der Waals surface area contributed by atoms with Crippen molar-refractivity contribution in [1.29, 1.82) is 5.26 Å². The molecule has 1 N–H and O–H groups in total. The molecule has 2 aromatic rings. The van der Waals surface area contributed by atoms with Crippen LogP contribution in [-0.4, -0.2) is 34.1 Å². The van der Waals surface area contributed by atoms with Crippen LogP contribution < -0.4 is 0 Å². The standard InChI is InChI=1S/C17H21N3O/c18-10-16-15(13-20-8-2-1-5-17(16)20)12-19-7-3-4-14(11-19)6-9-21/h1-2,5,8,13-14,21H,3-4,6-7,9,11-12H2. The minimum absolute atomic E-state index is 0.276. The van der Waals surface area contributed by atoms with Gasteiger partial charge in [0.2, 0.25) is 0 Å². The molecule has 3 rings (SSSR count). The molecule has 0 amide bonds. The van der Waals surface area contributed by atoms with Gasteiger partial charge in [-0.1, -0.05) is 6.07 Å². The third kappa shape index (κ3) is 2.94. The molecule has 1 saturated heterocycles. The van der Waals surface area contributed by atoms with E-state index in [1.807, 2.05) is 28.8 Å². The number of likely N-dealkylation sites (tertiary alicyclic amines) is 1. The lowest BCUT2D eigenvalue weighted by Gasteiger charge is -2.32. The van der Waals surface area contributed by atoms with Crippen molar-refractivity contribution >= 4 is 5.52 Å². The molecule has 1 atom stereocenters. The number of aliphatic hydroxyl groups is 1. The van der Waals surface area contributed by atoms with Crippen molar-refractivity contribution in [3.05, 3.63) is 41.7 Å². The van der Waals surface area contributed by atoms with E-state index in [4.69, 9.17) is 5.11 Å². The van der Waals surface area contributed by atoms with Crippen molar-refractivity contribution in [1.82, 2.24) is 9.30 Å². The van der Waals surface area contributed by atoms with Gasteiger partial charge < -0.3 is 9.51 Å². The number of nitrogens with zero attached hydrogens (tertiary/aromatic N) is 3. The van der Waals surface area contributed by atoms with Gasteiger partial charge in [0.05, 0.1) is 11.1 Å². The highest BCUT2D eigenvalue weighted by Gasteiger charge is 2.21. The third-order valence-electron chi connectivity index (χ3n) is 4.41. The summed E-state index contributed by atoms with van der Waals surface area (Å²) in [5.74, 6) is 0.589. The maximum absolute atomic E-state index is 9.46. The number of hydrogen-bond acceptors (Lipinski definition) is 3. The molecule has 3 heterocycles. The predicted octanol–water partition coefficient (Wildman–Crippen LogP) is 2.41. The van der Waals surface area contributed by atoms with Gasteiger partial charge in [-0.3, -0.25) is 4.90 Å². The van der Waals surface area contributed by atoms with Gasteiger partial charge in [0.1, 0.15) is 6.07 Å². The third-order valence-corrected chi connectivity index (χ3v) is 4.41. The van der Waals surface area contributed by atoms with Gasteiger partial charge in [-0.15, -0.1) is 0 Å². The van der Waals surface area contributed by atoms with Crippen molar-refractivity contribution in [3.8, 4) is 6.07 Å². The van der Waals surface area contributed by atoms with Crippen molar-refractivity contribution in [2.75, 3.05) is 19.7 Å². The first-order valence-corrected chi connectivity index (χ1v) is 7.63. The number of aliphatic hydroxyl groups excluding tert-OH is 1. The second-order valence-corrected chi connectivity index (χ2v) is 5.89. The van der Waals surface area contributed by atoms with E-state index in [-0.39, 0.29) is 6.61 Å². The second kappa shape index (κ2) is 6.30. The molecule has 4 nitrogen and oxygen atoms in total. The summed E-state index contributed by atoms with van der Waals surface area (Å²) in [4.78, 5) is 2.42. The largest absolute Gasteiger partial charge is 0.396 e. The highest BCUT2D eigenvalue weighted by Crippen LogP contribution is 2.24. The van der Waals surface area contributed by atoms with E-state index in [2.05, 4.69) is 17.2 Å². The van der Waals surface area contributed by atoms with Gasteiger partial charge in [0, 0.05) is 37.7 Å². The van der Waals surface area contributed by atoms with Gasteiger partial charge in [-0.25, -0.2) is 0 Å². The van der Waals surface area contributed by atoms with E-state index in [9.17, 15) is 5.26 Å². The lowest BCUT2D eigenvalue weighted by molar-refractivity contribution is 0.142. The Hall–Kier alpha value is -1.83. The summed E-state index contributed by atoms with van der Waals surface area (Å²) >= 11 is 0. The van der Waals surface area contributed by atoms with Gasteiger partial charge in [0.15, 0.2) is 0 Å². The lowest BCUT2D eigenvalue weighted by atomic mass is 9.95. The molecule has 0 aliphatic carbocycles. The van der Waals surface area contributed by atoms with E-state index in [1.165, 1.54) is 12.8 Å². The minimum atomic E-state index is 0.276. The van der Waals surface area contributed by atoms with E-state index >= 15 is 0 Å². The molecule has 0 bridgehead atoms. The van der Waals surface area contributed by atoms with Crippen LogP contribution in [0.4, 0.5) is 0 Å². The fourth-order valence-corrected chi connectivity index (χ4v) is 3.38. The summed E-state index contributed by atoms with van der Waals surface area (Å²) in [6, 6.07) is 8.30. The zero-order valence-corrected chi connectivity index (χ0v) is 12.2. The molecule has 2 aromatic heterocycles. The van der Waals surface area contributed by atoms with E-state index in [0.29, 0.717) is 5.92 Å². The molecule has 1 aliphatic heterocycles. The lowest BCUT2D eigenvalue weighted by Crippen LogP contribution is -2.35. The topological polar surface area (TPSA) is 51.7 Å².